The molecule has 14 heavy (non-hydrogen) atoms. The lowest BCUT2D eigenvalue weighted by Crippen LogP contribution is -2.11. The summed E-state index contributed by atoms with van der Waals surface area (Å²) in [6, 6.07) is 0. The maximum atomic E-state index is 4.99. The normalized spacial score (nSPS) is 10.6. The Kier molecular flexibility index (Phi) is 2.50. The van der Waals surface area contributed by atoms with Gasteiger partial charge in [-0.3, -0.25) is 0 Å². The van der Waals surface area contributed by atoms with Gasteiger partial charge in [-0.05, 0) is 6.54 Å². The van der Waals surface area contributed by atoms with Crippen LogP contribution in [0.2, 0.25) is 0 Å². The van der Waals surface area contributed by atoms with Crippen LogP contribution in [0, 0.1) is 0 Å². The molecule has 0 spiro atoms. The summed E-state index contributed by atoms with van der Waals surface area (Å²) in [6.07, 6.45) is 1.54. The summed E-state index contributed by atoms with van der Waals surface area (Å²) in [5.74, 6) is 0.997. The third-order valence-electron chi connectivity index (χ3n) is 1.64. The van der Waals surface area contributed by atoms with Crippen LogP contribution in [0.4, 0.5) is 0 Å². The molecule has 0 fully saturated rings. The maximum absolute atomic E-state index is 4.99. The zero-order valence-electron chi connectivity index (χ0n) is 7.69. The zero-order valence-corrected chi connectivity index (χ0v) is 7.69. The van der Waals surface area contributed by atoms with Crippen LogP contribution in [-0.2, 0) is 6.54 Å². The molecular weight excluding hydrogens is 184 g/mol. The average Bonchev–Trinajstić information content (AvgIpc) is 2.85. The van der Waals surface area contributed by atoms with Gasteiger partial charge < -0.3 is 9.84 Å². The van der Waals surface area contributed by atoms with Crippen molar-refractivity contribution in [3.63, 3.8) is 0 Å². The van der Waals surface area contributed by atoms with E-state index >= 15 is 0 Å². The van der Waals surface area contributed by atoms with Gasteiger partial charge in [-0.25, -0.2) is 0 Å². The van der Waals surface area contributed by atoms with Crippen LogP contribution in [0.3, 0.4) is 0 Å². The van der Waals surface area contributed by atoms with Crippen LogP contribution < -0.4 is 5.32 Å². The molecule has 2 aromatic rings. The Morgan fingerprint density at radius 3 is 3.21 bits per heavy atom. The lowest BCUT2D eigenvalue weighted by atomic mass is 10.4. The van der Waals surface area contributed by atoms with Crippen LogP contribution in [0.5, 0.6) is 0 Å². The van der Waals surface area contributed by atoms with Crippen LogP contribution in [-0.4, -0.2) is 32.1 Å². The monoisotopic (exact) mass is 194 g/mol. The summed E-state index contributed by atoms with van der Waals surface area (Å²) in [5.41, 5.74) is 0.580. The van der Waals surface area contributed by atoms with E-state index in [1.54, 1.807) is 6.20 Å². The number of nitrogens with one attached hydrogen (secondary N) is 2. The van der Waals surface area contributed by atoms with Gasteiger partial charge in [0.05, 0.1) is 12.7 Å². The lowest BCUT2D eigenvalue weighted by Gasteiger charge is -1.91. The second-order valence-corrected chi connectivity index (χ2v) is 2.65. The number of aromatic nitrogens is 5. The van der Waals surface area contributed by atoms with Crippen molar-refractivity contribution in [2.24, 2.45) is 0 Å². The van der Waals surface area contributed by atoms with E-state index in [0.29, 0.717) is 24.0 Å². The fourth-order valence-corrected chi connectivity index (χ4v) is 0.972. The van der Waals surface area contributed by atoms with Crippen molar-refractivity contribution in [2.75, 3.05) is 6.54 Å². The van der Waals surface area contributed by atoms with E-state index in [1.165, 1.54) is 0 Å². The van der Waals surface area contributed by atoms with Gasteiger partial charge in [-0.15, -0.1) is 0 Å². The van der Waals surface area contributed by atoms with Crippen LogP contribution in [0.25, 0.3) is 11.5 Å². The molecule has 7 heteroatoms. The number of nitrogens with zero attached hydrogens (tertiary/aromatic N) is 4. The Morgan fingerprint density at radius 1 is 1.57 bits per heavy atom. The molecular formula is C7H10N6O. The highest BCUT2D eigenvalue weighted by Gasteiger charge is 2.09. The largest absolute Gasteiger partial charge is 0.337 e. The lowest BCUT2D eigenvalue weighted by molar-refractivity contribution is 0.369. The van der Waals surface area contributed by atoms with E-state index < -0.39 is 0 Å². The van der Waals surface area contributed by atoms with Gasteiger partial charge in [0, 0.05) is 0 Å². The van der Waals surface area contributed by atoms with Crippen molar-refractivity contribution >= 4 is 0 Å². The smallest absolute Gasteiger partial charge is 0.240 e. The topological polar surface area (TPSA) is 92.5 Å². The van der Waals surface area contributed by atoms with Crippen LogP contribution >= 0.6 is 0 Å². The summed E-state index contributed by atoms with van der Waals surface area (Å²) in [4.78, 5) is 4.13. The molecule has 74 valence electrons. The van der Waals surface area contributed by atoms with Crippen molar-refractivity contribution < 1.29 is 4.52 Å². The molecule has 0 atom stereocenters. The third-order valence-corrected chi connectivity index (χ3v) is 1.64. The molecule has 0 saturated carbocycles. The molecule has 2 heterocycles. The maximum Gasteiger partial charge on any atom is 0.240 e. The summed E-state index contributed by atoms with van der Waals surface area (Å²) in [5, 5.41) is 16.8. The van der Waals surface area contributed by atoms with Gasteiger partial charge in [0.2, 0.25) is 11.7 Å². The van der Waals surface area contributed by atoms with Crippen molar-refractivity contribution in [3.05, 3.63) is 12.1 Å². The Balaban J connectivity index is 2.10. The first kappa shape index (κ1) is 8.82. The van der Waals surface area contributed by atoms with Crippen molar-refractivity contribution in [1.82, 2.24) is 30.9 Å². The summed E-state index contributed by atoms with van der Waals surface area (Å²) >= 11 is 0. The van der Waals surface area contributed by atoms with E-state index in [1.807, 2.05) is 6.92 Å². The van der Waals surface area contributed by atoms with Gasteiger partial charge in [0.15, 0.2) is 5.69 Å². The highest BCUT2D eigenvalue weighted by molar-refractivity contribution is 5.44. The average molecular weight is 194 g/mol. The standard InChI is InChI=1S/C7H10N6O/c1-2-8-4-6-10-7(12-14-6)5-3-9-13-11-5/h3,8H,2,4H2,1H3,(H,9,11,13). The molecule has 0 aliphatic carbocycles. The van der Waals surface area contributed by atoms with Crippen LogP contribution in [0.15, 0.2) is 10.7 Å². The first-order chi connectivity index (χ1) is 6.90. The summed E-state index contributed by atoms with van der Waals surface area (Å²) < 4.78 is 4.99. The van der Waals surface area contributed by atoms with Crippen LogP contribution in [0.1, 0.15) is 12.8 Å². The van der Waals surface area contributed by atoms with E-state index in [0.717, 1.165) is 6.54 Å². The quantitative estimate of drug-likeness (QED) is 0.709. The first-order valence-electron chi connectivity index (χ1n) is 4.29. The molecule has 2 aromatic heterocycles. The van der Waals surface area contributed by atoms with Gasteiger partial charge in [0.25, 0.3) is 0 Å². The molecule has 0 aromatic carbocycles. The molecule has 2 rings (SSSR count). The summed E-state index contributed by atoms with van der Waals surface area (Å²) in [6.45, 7) is 3.44. The number of H-pyrrole nitrogens is 1. The second kappa shape index (κ2) is 3.97. The Bertz CT molecular complexity index is 381. The first-order valence-corrected chi connectivity index (χ1v) is 4.29. The summed E-state index contributed by atoms with van der Waals surface area (Å²) in [7, 11) is 0. The Labute approximate surface area is 79.9 Å². The minimum atomic E-state index is 0.451. The minimum Gasteiger partial charge on any atom is -0.337 e. The fraction of sp³-hybridized carbons (Fsp3) is 0.429. The van der Waals surface area contributed by atoms with E-state index in [4.69, 9.17) is 4.52 Å². The zero-order chi connectivity index (χ0) is 9.80. The third kappa shape index (κ3) is 1.77. The molecule has 7 nitrogen and oxygen atoms in total. The van der Waals surface area contributed by atoms with Crippen molar-refractivity contribution in [2.45, 2.75) is 13.5 Å². The molecule has 0 saturated heterocycles. The van der Waals surface area contributed by atoms with Gasteiger partial charge in [-0.1, -0.05) is 12.1 Å². The minimum absolute atomic E-state index is 0.451. The van der Waals surface area contributed by atoms with Crippen molar-refractivity contribution in [3.8, 4) is 11.5 Å². The molecule has 0 unspecified atom stereocenters. The number of hydrogen-bond donors (Lipinski definition) is 2. The number of aromatic amines is 1. The van der Waals surface area contributed by atoms with Crippen molar-refractivity contribution in [1.29, 1.82) is 0 Å². The molecule has 0 aliphatic rings. The van der Waals surface area contributed by atoms with E-state index in [-0.39, 0.29) is 0 Å². The molecule has 0 radical (unpaired) electrons. The van der Waals surface area contributed by atoms with Gasteiger partial charge >= 0.3 is 0 Å². The predicted octanol–water partition coefficient (Wildman–Crippen LogP) is -0.0358. The van der Waals surface area contributed by atoms with E-state index in [2.05, 4.69) is 30.9 Å². The van der Waals surface area contributed by atoms with Gasteiger partial charge in [-0.2, -0.15) is 20.4 Å². The molecule has 0 amide bonds. The SMILES string of the molecule is CCNCc1nc(-c2cn[nH]n2)no1. The Morgan fingerprint density at radius 2 is 2.50 bits per heavy atom. The number of hydrogen-bond acceptors (Lipinski definition) is 6. The van der Waals surface area contributed by atoms with E-state index in [9.17, 15) is 0 Å². The van der Waals surface area contributed by atoms with Gasteiger partial charge in [0.1, 0.15) is 0 Å². The Hall–Kier alpha value is -1.76. The highest BCUT2D eigenvalue weighted by atomic mass is 16.5. The number of rotatable bonds is 4. The predicted molar refractivity (Wildman–Crippen MR) is 47.1 cm³/mol. The molecule has 2 N–H and O–H groups in total. The molecule has 0 aliphatic heterocycles. The fourth-order valence-electron chi connectivity index (χ4n) is 0.972. The highest BCUT2D eigenvalue weighted by Crippen LogP contribution is 2.09. The molecule has 0 bridgehead atoms. The second-order valence-electron chi connectivity index (χ2n) is 2.65.